The second kappa shape index (κ2) is 9.18. The van der Waals surface area contributed by atoms with E-state index in [0.29, 0.717) is 18.1 Å². The van der Waals surface area contributed by atoms with Gasteiger partial charge in [0.1, 0.15) is 12.4 Å². The molecule has 2 aliphatic heterocycles. The molecule has 2 atom stereocenters. The van der Waals surface area contributed by atoms with Crippen LogP contribution in [0, 0.1) is 0 Å². The van der Waals surface area contributed by atoms with Gasteiger partial charge in [0.2, 0.25) is 6.23 Å². The Morgan fingerprint density at radius 2 is 1.60 bits per heavy atom. The maximum atomic E-state index is 6.51. The fourth-order valence-electron chi connectivity index (χ4n) is 4.75. The predicted octanol–water partition coefficient (Wildman–Crippen LogP) is 6.52. The molecule has 0 N–H and O–H groups in total. The highest BCUT2D eigenvalue weighted by Gasteiger charge is 2.41. The lowest BCUT2D eigenvalue weighted by molar-refractivity contribution is -0.0191. The van der Waals surface area contributed by atoms with Crippen LogP contribution in [0.2, 0.25) is 0 Å². The highest BCUT2D eigenvalue weighted by Crippen LogP contribution is 2.48. The molecule has 2 heterocycles. The van der Waals surface area contributed by atoms with Crippen molar-refractivity contribution in [1.29, 1.82) is 0 Å². The fourth-order valence-corrected chi connectivity index (χ4v) is 4.75. The van der Waals surface area contributed by atoms with Crippen molar-refractivity contribution in [3.8, 4) is 17.2 Å². The Kier molecular flexibility index (Phi) is 5.59. The predicted molar refractivity (Wildman–Crippen MR) is 136 cm³/mol. The minimum absolute atomic E-state index is 0.111. The van der Waals surface area contributed by atoms with Gasteiger partial charge >= 0.3 is 0 Å². The molecule has 0 aliphatic carbocycles. The zero-order valence-electron chi connectivity index (χ0n) is 19.5. The molecular weight excluding hydrogens is 436 g/mol. The Labute approximate surface area is 205 Å². The molecule has 2 aliphatic rings. The van der Waals surface area contributed by atoms with Crippen LogP contribution in [0.4, 0.5) is 0 Å². The van der Waals surface area contributed by atoms with E-state index in [1.165, 1.54) is 0 Å². The fraction of sp³-hybridized carbons (Fsp3) is 0.167. The van der Waals surface area contributed by atoms with Crippen molar-refractivity contribution in [2.24, 2.45) is 5.10 Å². The van der Waals surface area contributed by atoms with Crippen molar-refractivity contribution in [3.63, 3.8) is 0 Å². The van der Waals surface area contributed by atoms with Crippen molar-refractivity contribution >= 4 is 5.71 Å². The van der Waals surface area contributed by atoms with Crippen LogP contribution in [0.3, 0.4) is 0 Å². The average molecular weight is 463 g/mol. The molecule has 0 unspecified atom stereocenters. The molecule has 4 aromatic rings. The summed E-state index contributed by atoms with van der Waals surface area (Å²) in [6.45, 7) is 0.475. The molecule has 4 aromatic carbocycles. The summed E-state index contributed by atoms with van der Waals surface area (Å²) in [6.07, 6.45) is 0.462. The van der Waals surface area contributed by atoms with Crippen molar-refractivity contribution in [2.75, 3.05) is 7.11 Å². The van der Waals surface area contributed by atoms with Gasteiger partial charge in [-0.05, 0) is 35.4 Å². The number of nitrogens with zero attached hydrogens (tertiary/aromatic N) is 2. The smallest absolute Gasteiger partial charge is 0.214 e. The van der Waals surface area contributed by atoms with Gasteiger partial charge in [0.25, 0.3) is 0 Å². The molecule has 35 heavy (non-hydrogen) atoms. The van der Waals surface area contributed by atoms with E-state index >= 15 is 0 Å². The Morgan fingerprint density at radius 3 is 2.40 bits per heavy atom. The SMILES string of the molecule is COc1cc([C@@H]2Oc3ccccc3[C@H]3CC(c4ccccc4)=NN32)ccc1OCc1ccccc1. The monoisotopic (exact) mass is 462 g/mol. The summed E-state index contributed by atoms with van der Waals surface area (Å²) in [6, 6.07) is 34.8. The first-order valence-electron chi connectivity index (χ1n) is 11.8. The number of ether oxygens (including phenoxy) is 3. The second-order valence-corrected chi connectivity index (χ2v) is 8.71. The molecule has 0 saturated carbocycles. The molecular formula is C30H26N2O3. The van der Waals surface area contributed by atoms with Crippen LogP contribution in [0.25, 0.3) is 0 Å². The maximum absolute atomic E-state index is 6.51. The highest BCUT2D eigenvalue weighted by molar-refractivity contribution is 6.01. The summed E-state index contributed by atoms with van der Waals surface area (Å²) in [5.74, 6) is 2.26. The number of rotatable bonds is 6. The molecule has 174 valence electrons. The summed E-state index contributed by atoms with van der Waals surface area (Å²) >= 11 is 0. The van der Waals surface area contributed by atoms with Crippen LogP contribution >= 0.6 is 0 Å². The maximum Gasteiger partial charge on any atom is 0.214 e. The van der Waals surface area contributed by atoms with Gasteiger partial charge in [0, 0.05) is 17.5 Å². The Hall–Kier alpha value is -4.25. The van der Waals surface area contributed by atoms with Gasteiger partial charge in [-0.25, -0.2) is 5.01 Å². The quantitative estimate of drug-likeness (QED) is 0.327. The largest absolute Gasteiger partial charge is 0.493 e. The zero-order chi connectivity index (χ0) is 23.6. The number of para-hydroxylation sites is 1. The van der Waals surface area contributed by atoms with Crippen LogP contribution in [0.1, 0.15) is 40.9 Å². The van der Waals surface area contributed by atoms with Crippen LogP contribution in [0.15, 0.2) is 108 Å². The van der Waals surface area contributed by atoms with Gasteiger partial charge < -0.3 is 14.2 Å². The molecule has 0 bridgehead atoms. The molecule has 6 rings (SSSR count). The van der Waals surface area contributed by atoms with Gasteiger partial charge in [-0.3, -0.25) is 0 Å². The van der Waals surface area contributed by atoms with E-state index in [4.69, 9.17) is 19.3 Å². The number of hydrazone groups is 1. The van der Waals surface area contributed by atoms with E-state index in [2.05, 4.69) is 41.4 Å². The topological polar surface area (TPSA) is 43.3 Å². The van der Waals surface area contributed by atoms with E-state index in [1.54, 1.807) is 7.11 Å². The number of hydrogen-bond acceptors (Lipinski definition) is 5. The van der Waals surface area contributed by atoms with E-state index in [9.17, 15) is 0 Å². The first-order chi connectivity index (χ1) is 17.3. The molecule has 0 fully saturated rings. The van der Waals surface area contributed by atoms with Crippen molar-refractivity contribution in [3.05, 3.63) is 125 Å². The minimum Gasteiger partial charge on any atom is -0.493 e. The minimum atomic E-state index is -0.367. The Morgan fingerprint density at radius 1 is 0.857 bits per heavy atom. The molecule has 0 radical (unpaired) electrons. The summed E-state index contributed by atoms with van der Waals surface area (Å²) in [5.41, 5.74) is 5.43. The zero-order valence-corrected chi connectivity index (χ0v) is 19.5. The van der Waals surface area contributed by atoms with E-state index in [1.807, 2.05) is 66.7 Å². The molecule has 5 heteroatoms. The molecule has 0 amide bonds. The molecule has 5 nitrogen and oxygen atoms in total. The van der Waals surface area contributed by atoms with Gasteiger partial charge in [-0.15, -0.1) is 0 Å². The van der Waals surface area contributed by atoms with Gasteiger partial charge in [-0.1, -0.05) is 78.9 Å². The van der Waals surface area contributed by atoms with Crippen LogP contribution in [-0.4, -0.2) is 17.8 Å². The summed E-state index contributed by atoms with van der Waals surface area (Å²) in [5, 5.41) is 7.13. The van der Waals surface area contributed by atoms with Crippen molar-refractivity contribution < 1.29 is 14.2 Å². The van der Waals surface area contributed by atoms with E-state index in [0.717, 1.165) is 40.1 Å². The lowest BCUT2D eigenvalue weighted by Gasteiger charge is -2.38. The normalized spacial score (nSPS) is 18.2. The number of hydrogen-bond donors (Lipinski definition) is 0. The molecule has 0 saturated heterocycles. The first kappa shape index (κ1) is 21.3. The van der Waals surface area contributed by atoms with Crippen LogP contribution < -0.4 is 14.2 Å². The number of benzene rings is 4. The Balaban J connectivity index is 1.33. The standard InChI is InChI=1S/C30H26N2O3/c1-33-29-18-23(16-17-28(29)34-20-21-10-4-2-5-11-21)30-32-26(24-14-8-9-15-27(24)35-30)19-25(31-32)22-12-6-3-7-13-22/h2-18,26,30H,19-20H2,1H3/t26-,30+/m1/s1. The van der Waals surface area contributed by atoms with Crippen LogP contribution in [-0.2, 0) is 6.61 Å². The van der Waals surface area contributed by atoms with E-state index in [-0.39, 0.29) is 12.3 Å². The lowest BCUT2D eigenvalue weighted by atomic mass is 9.96. The van der Waals surface area contributed by atoms with Gasteiger partial charge in [-0.2, -0.15) is 5.10 Å². The second-order valence-electron chi connectivity index (χ2n) is 8.71. The molecule has 0 spiro atoms. The van der Waals surface area contributed by atoms with Crippen LogP contribution in [0.5, 0.6) is 17.2 Å². The number of fused-ring (bicyclic) bond motifs is 3. The van der Waals surface area contributed by atoms with Gasteiger partial charge in [0.15, 0.2) is 11.5 Å². The third-order valence-corrected chi connectivity index (χ3v) is 6.52. The number of methoxy groups -OCH3 is 1. The Bertz CT molecular complexity index is 1350. The molecule has 0 aromatic heterocycles. The summed E-state index contributed by atoms with van der Waals surface area (Å²) < 4.78 is 18.3. The summed E-state index contributed by atoms with van der Waals surface area (Å²) in [4.78, 5) is 0. The third-order valence-electron chi connectivity index (χ3n) is 6.52. The third kappa shape index (κ3) is 4.10. The highest BCUT2D eigenvalue weighted by atomic mass is 16.5. The average Bonchev–Trinajstić information content (AvgIpc) is 3.38. The van der Waals surface area contributed by atoms with Crippen molar-refractivity contribution in [2.45, 2.75) is 25.3 Å². The summed E-state index contributed by atoms with van der Waals surface area (Å²) in [7, 11) is 1.66. The first-order valence-corrected chi connectivity index (χ1v) is 11.8. The lowest BCUT2D eigenvalue weighted by Crippen LogP contribution is -2.33. The van der Waals surface area contributed by atoms with Crippen molar-refractivity contribution in [1.82, 2.24) is 5.01 Å². The van der Waals surface area contributed by atoms with E-state index < -0.39 is 0 Å². The van der Waals surface area contributed by atoms with Gasteiger partial charge in [0.05, 0.1) is 18.9 Å².